The van der Waals surface area contributed by atoms with Gasteiger partial charge < -0.3 is 9.47 Å². The lowest BCUT2D eigenvalue weighted by atomic mass is 9.97. The van der Waals surface area contributed by atoms with Crippen molar-refractivity contribution < 1.29 is 19.1 Å². The van der Waals surface area contributed by atoms with E-state index in [-0.39, 0.29) is 0 Å². The van der Waals surface area contributed by atoms with Gasteiger partial charge in [-0.05, 0) is 30.2 Å². The molecule has 0 saturated carbocycles. The van der Waals surface area contributed by atoms with Crippen molar-refractivity contribution in [3.8, 4) is 11.1 Å². The molecule has 120 valence electrons. The van der Waals surface area contributed by atoms with Gasteiger partial charge in [-0.2, -0.15) is 0 Å². The maximum atomic E-state index is 12.0. The molecule has 0 N–H and O–H groups in total. The molecule has 1 aromatic carbocycles. The Labute approximate surface area is 143 Å². The molecule has 6 heteroatoms. The number of ether oxygens (including phenoxy) is 2. The molecule has 2 aromatic rings. The molecule has 0 fully saturated rings. The van der Waals surface area contributed by atoms with E-state index in [2.05, 4.69) is 4.74 Å². The summed E-state index contributed by atoms with van der Waals surface area (Å²) in [4.78, 5) is 24.1. The summed E-state index contributed by atoms with van der Waals surface area (Å²) in [6.45, 7) is 1.87. The van der Waals surface area contributed by atoms with Crippen LogP contribution in [0.2, 0.25) is 4.34 Å². The topological polar surface area (TPSA) is 52.6 Å². The van der Waals surface area contributed by atoms with Crippen molar-refractivity contribution in [3.63, 3.8) is 0 Å². The number of hydrogen-bond acceptors (Lipinski definition) is 5. The van der Waals surface area contributed by atoms with E-state index in [1.807, 2.05) is 19.1 Å². The van der Waals surface area contributed by atoms with Crippen molar-refractivity contribution in [2.24, 2.45) is 0 Å². The van der Waals surface area contributed by atoms with Crippen LogP contribution in [0.4, 0.5) is 0 Å². The first kappa shape index (κ1) is 17.2. The van der Waals surface area contributed by atoms with Crippen LogP contribution in [0.15, 0.2) is 30.3 Å². The molecule has 23 heavy (non-hydrogen) atoms. The molecule has 0 atom stereocenters. The highest BCUT2D eigenvalue weighted by Crippen LogP contribution is 2.41. The van der Waals surface area contributed by atoms with Crippen LogP contribution in [0.25, 0.3) is 17.2 Å². The minimum Gasteiger partial charge on any atom is -0.466 e. The van der Waals surface area contributed by atoms with E-state index in [0.29, 0.717) is 15.5 Å². The molecule has 2 rings (SSSR count). The van der Waals surface area contributed by atoms with Crippen LogP contribution in [0.5, 0.6) is 0 Å². The highest BCUT2D eigenvalue weighted by atomic mass is 35.5. The third-order valence-corrected chi connectivity index (χ3v) is 4.85. The first-order valence-electron chi connectivity index (χ1n) is 6.72. The summed E-state index contributed by atoms with van der Waals surface area (Å²) in [6.07, 6.45) is 2.96. The Balaban J connectivity index is 2.62. The van der Waals surface area contributed by atoms with Crippen LogP contribution in [-0.4, -0.2) is 26.2 Å². The Kier molecular flexibility index (Phi) is 5.58. The fourth-order valence-electron chi connectivity index (χ4n) is 2.16. The predicted octanol–water partition coefficient (Wildman–Crippen LogP) is 4.35. The number of carbonyl (C=O) groups is 2. The number of hydrogen-bond donors (Lipinski definition) is 0. The number of halogens is 1. The molecule has 0 amide bonds. The van der Waals surface area contributed by atoms with Crippen LogP contribution < -0.4 is 0 Å². The first-order chi connectivity index (χ1) is 11.0. The molecular weight excluding hydrogens is 336 g/mol. The van der Waals surface area contributed by atoms with Gasteiger partial charge in [0.25, 0.3) is 0 Å². The van der Waals surface area contributed by atoms with Crippen molar-refractivity contribution >= 4 is 41.0 Å². The van der Waals surface area contributed by atoms with Gasteiger partial charge in [-0.1, -0.05) is 29.8 Å². The Morgan fingerprint density at radius 1 is 1.17 bits per heavy atom. The Bertz CT molecular complexity index is 777. The smallest absolute Gasteiger partial charge is 0.338 e. The monoisotopic (exact) mass is 350 g/mol. The second-order valence-corrected chi connectivity index (χ2v) is 6.29. The van der Waals surface area contributed by atoms with Crippen molar-refractivity contribution in [1.29, 1.82) is 0 Å². The fourth-order valence-corrected chi connectivity index (χ4v) is 3.45. The molecule has 0 radical (unpaired) electrons. The second kappa shape index (κ2) is 7.44. The van der Waals surface area contributed by atoms with Crippen LogP contribution in [0.1, 0.15) is 20.8 Å². The van der Waals surface area contributed by atoms with Crippen LogP contribution in [0, 0.1) is 6.92 Å². The summed E-state index contributed by atoms with van der Waals surface area (Å²) in [7, 11) is 2.65. The molecule has 0 aliphatic rings. The van der Waals surface area contributed by atoms with Gasteiger partial charge in [0.1, 0.15) is 0 Å². The van der Waals surface area contributed by atoms with Gasteiger partial charge in [-0.25, -0.2) is 9.59 Å². The average Bonchev–Trinajstić information content (AvgIpc) is 2.86. The highest BCUT2D eigenvalue weighted by Gasteiger charge is 2.20. The third-order valence-electron chi connectivity index (χ3n) is 3.29. The van der Waals surface area contributed by atoms with Gasteiger partial charge in [0, 0.05) is 16.5 Å². The zero-order valence-electron chi connectivity index (χ0n) is 12.9. The second-order valence-electron chi connectivity index (χ2n) is 4.63. The fraction of sp³-hybridized carbons (Fsp3) is 0.176. The Hall–Kier alpha value is -2.11. The lowest BCUT2D eigenvalue weighted by Gasteiger charge is -2.09. The summed E-state index contributed by atoms with van der Waals surface area (Å²) >= 11 is 7.59. The molecule has 0 saturated heterocycles. The number of benzene rings is 1. The summed E-state index contributed by atoms with van der Waals surface area (Å²) in [5.41, 5.74) is 2.81. The SMILES string of the molecule is COC(=O)/C=C/c1sc(Cl)c(C)c1-c1ccccc1C(=O)OC. The van der Waals surface area contributed by atoms with E-state index in [0.717, 1.165) is 16.0 Å². The van der Waals surface area contributed by atoms with Crippen LogP contribution in [-0.2, 0) is 14.3 Å². The minimum absolute atomic E-state index is 0.426. The quantitative estimate of drug-likeness (QED) is 0.607. The van der Waals surface area contributed by atoms with E-state index in [4.69, 9.17) is 16.3 Å². The normalized spacial score (nSPS) is 10.8. The minimum atomic E-state index is -0.459. The average molecular weight is 351 g/mol. The molecule has 1 aromatic heterocycles. The van der Waals surface area contributed by atoms with Gasteiger partial charge in [-0.15, -0.1) is 11.3 Å². The molecule has 0 spiro atoms. The largest absolute Gasteiger partial charge is 0.466 e. The lowest BCUT2D eigenvalue weighted by Crippen LogP contribution is -2.03. The molecule has 0 aliphatic heterocycles. The van der Waals surface area contributed by atoms with Gasteiger partial charge in [0.2, 0.25) is 0 Å². The Morgan fingerprint density at radius 3 is 2.52 bits per heavy atom. The van der Waals surface area contributed by atoms with Crippen molar-refractivity contribution in [3.05, 3.63) is 50.7 Å². The van der Waals surface area contributed by atoms with E-state index in [9.17, 15) is 9.59 Å². The number of thiophene rings is 1. The van der Waals surface area contributed by atoms with E-state index < -0.39 is 11.9 Å². The molecule has 4 nitrogen and oxygen atoms in total. The molecule has 0 bridgehead atoms. The highest BCUT2D eigenvalue weighted by molar-refractivity contribution is 7.17. The Morgan fingerprint density at radius 2 is 1.87 bits per heavy atom. The maximum absolute atomic E-state index is 12.0. The van der Waals surface area contributed by atoms with Crippen molar-refractivity contribution in [2.75, 3.05) is 14.2 Å². The van der Waals surface area contributed by atoms with Crippen LogP contribution in [0.3, 0.4) is 0 Å². The van der Waals surface area contributed by atoms with Gasteiger partial charge in [0.05, 0.1) is 24.1 Å². The predicted molar refractivity (Wildman–Crippen MR) is 91.9 cm³/mol. The van der Waals surface area contributed by atoms with Crippen LogP contribution >= 0.6 is 22.9 Å². The van der Waals surface area contributed by atoms with E-state index in [1.165, 1.54) is 31.6 Å². The van der Waals surface area contributed by atoms with Crippen molar-refractivity contribution in [2.45, 2.75) is 6.92 Å². The number of carbonyl (C=O) groups excluding carboxylic acids is 2. The maximum Gasteiger partial charge on any atom is 0.338 e. The number of esters is 2. The third kappa shape index (κ3) is 3.63. The zero-order valence-corrected chi connectivity index (χ0v) is 14.5. The van der Waals surface area contributed by atoms with E-state index >= 15 is 0 Å². The standard InChI is InChI=1S/C17H15ClO4S/c1-10-15(11-6-4-5-7-12(11)17(20)22-3)13(23-16(10)18)8-9-14(19)21-2/h4-9H,1-3H3/b9-8+. The summed E-state index contributed by atoms with van der Waals surface area (Å²) in [5, 5.41) is 0. The van der Waals surface area contributed by atoms with E-state index in [1.54, 1.807) is 18.2 Å². The van der Waals surface area contributed by atoms with Gasteiger partial charge in [-0.3, -0.25) is 0 Å². The first-order valence-corrected chi connectivity index (χ1v) is 7.91. The summed E-state index contributed by atoms with van der Waals surface area (Å²) in [6, 6.07) is 7.12. The molecule has 0 unspecified atom stereocenters. The summed E-state index contributed by atoms with van der Waals surface area (Å²) in [5.74, 6) is -0.885. The molecule has 0 aliphatic carbocycles. The van der Waals surface area contributed by atoms with Crippen molar-refractivity contribution in [1.82, 2.24) is 0 Å². The number of rotatable bonds is 4. The molecule has 1 heterocycles. The van der Waals surface area contributed by atoms with Gasteiger partial charge >= 0.3 is 11.9 Å². The van der Waals surface area contributed by atoms with Gasteiger partial charge in [0.15, 0.2) is 0 Å². The zero-order chi connectivity index (χ0) is 17.0. The lowest BCUT2D eigenvalue weighted by molar-refractivity contribution is -0.134. The number of methoxy groups -OCH3 is 2. The summed E-state index contributed by atoms with van der Waals surface area (Å²) < 4.78 is 10.0. The molecular formula is C17H15ClO4S.